The number of hydrogen-bond acceptors (Lipinski definition) is 2. The summed E-state index contributed by atoms with van der Waals surface area (Å²) in [7, 11) is 0. The number of hydrogen-bond donors (Lipinski definition) is 2. The predicted octanol–water partition coefficient (Wildman–Crippen LogP) is 1.20. The van der Waals surface area contributed by atoms with Gasteiger partial charge in [-0.05, 0) is 32.0 Å². The maximum Gasteiger partial charge on any atom is 0.170 e. The number of thiocarbonyl (C=S) groups is 1. The summed E-state index contributed by atoms with van der Waals surface area (Å²) in [4.78, 5) is 2.43. The Morgan fingerprint density at radius 3 is 3.00 bits per heavy atom. The van der Waals surface area contributed by atoms with Gasteiger partial charge in [-0.15, -0.1) is 0 Å². The van der Waals surface area contributed by atoms with E-state index in [0.717, 1.165) is 5.11 Å². The van der Waals surface area contributed by atoms with Gasteiger partial charge in [0, 0.05) is 24.5 Å². The van der Waals surface area contributed by atoms with Crippen molar-refractivity contribution in [1.82, 2.24) is 15.5 Å². The summed E-state index contributed by atoms with van der Waals surface area (Å²) in [6, 6.07) is 1.87. The average Bonchev–Trinajstić information content (AvgIpc) is 2.54. The van der Waals surface area contributed by atoms with Crippen LogP contribution in [0, 0.1) is 0 Å². The van der Waals surface area contributed by atoms with Gasteiger partial charge in [-0.1, -0.05) is 12.8 Å². The molecule has 15 heavy (non-hydrogen) atoms. The first kappa shape index (κ1) is 9.85. The molecule has 4 atom stereocenters. The molecule has 0 aromatic carbocycles. The highest BCUT2D eigenvalue weighted by Crippen LogP contribution is 2.32. The molecule has 0 radical (unpaired) electrons. The fourth-order valence-corrected chi connectivity index (χ4v) is 3.81. The van der Waals surface area contributed by atoms with E-state index >= 15 is 0 Å². The van der Waals surface area contributed by atoms with Crippen molar-refractivity contribution in [2.45, 2.75) is 63.3 Å². The molecule has 0 bridgehead atoms. The second-order valence-corrected chi connectivity index (χ2v) is 5.52. The van der Waals surface area contributed by atoms with Gasteiger partial charge in [0.05, 0.1) is 6.17 Å². The van der Waals surface area contributed by atoms with E-state index in [1.165, 1.54) is 32.1 Å². The maximum atomic E-state index is 5.46. The molecule has 1 saturated carbocycles. The molecule has 3 aliphatic rings. The summed E-state index contributed by atoms with van der Waals surface area (Å²) in [5, 5.41) is 8.13. The van der Waals surface area contributed by atoms with Crippen molar-refractivity contribution < 1.29 is 0 Å². The van der Waals surface area contributed by atoms with Crippen LogP contribution in [0.15, 0.2) is 0 Å². The molecular weight excluding hydrogens is 206 g/mol. The summed E-state index contributed by atoms with van der Waals surface area (Å²) in [5.74, 6) is 0. The van der Waals surface area contributed by atoms with Crippen LogP contribution in [-0.4, -0.2) is 34.3 Å². The molecule has 2 saturated heterocycles. The monoisotopic (exact) mass is 225 g/mol. The van der Waals surface area contributed by atoms with E-state index in [-0.39, 0.29) is 0 Å². The Morgan fingerprint density at radius 2 is 2.13 bits per heavy atom. The molecule has 2 heterocycles. The SMILES string of the molecule is CC1CC2NC3CCCCC3N2C(=S)N1. The van der Waals surface area contributed by atoms with Gasteiger partial charge >= 0.3 is 0 Å². The van der Waals surface area contributed by atoms with Crippen LogP contribution in [0.2, 0.25) is 0 Å². The first-order valence-corrected chi connectivity index (χ1v) is 6.51. The van der Waals surface area contributed by atoms with E-state index < -0.39 is 0 Å². The zero-order chi connectivity index (χ0) is 10.4. The molecule has 0 amide bonds. The third-order valence-corrected chi connectivity index (χ3v) is 4.34. The molecule has 2 aliphatic heterocycles. The summed E-state index contributed by atoms with van der Waals surface area (Å²) < 4.78 is 0. The minimum Gasteiger partial charge on any atom is -0.360 e. The van der Waals surface area contributed by atoms with Crippen molar-refractivity contribution >= 4 is 17.3 Å². The molecule has 2 N–H and O–H groups in total. The van der Waals surface area contributed by atoms with Crippen molar-refractivity contribution in [2.75, 3.05) is 0 Å². The lowest BCUT2D eigenvalue weighted by Gasteiger charge is -2.40. The topological polar surface area (TPSA) is 27.3 Å². The quantitative estimate of drug-likeness (QED) is 0.606. The standard InChI is InChI=1S/C11H19N3S/c1-7-6-10-13-8-4-2-3-5-9(8)14(10)11(15)12-7/h7-10,13H,2-6H2,1H3,(H,12,15). The van der Waals surface area contributed by atoms with Gasteiger partial charge in [-0.25, -0.2) is 0 Å². The third kappa shape index (κ3) is 1.54. The van der Waals surface area contributed by atoms with E-state index in [0.29, 0.717) is 24.3 Å². The van der Waals surface area contributed by atoms with Gasteiger partial charge < -0.3 is 10.2 Å². The number of nitrogens with zero attached hydrogens (tertiary/aromatic N) is 1. The van der Waals surface area contributed by atoms with Crippen LogP contribution in [0.25, 0.3) is 0 Å². The summed E-state index contributed by atoms with van der Waals surface area (Å²) >= 11 is 5.46. The van der Waals surface area contributed by atoms with Crippen LogP contribution in [0.3, 0.4) is 0 Å². The molecule has 1 aliphatic carbocycles. The summed E-state index contributed by atoms with van der Waals surface area (Å²) in [6.07, 6.45) is 7.06. The molecule has 0 spiro atoms. The summed E-state index contributed by atoms with van der Waals surface area (Å²) in [6.45, 7) is 2.22. The second kappa shape index (κ2) is 3.59. The van der Waals surface area contributed by atoms with Crippen LogP contribution >= 0.6 is 12.2 Å². The van der Waals surface area contributed by atoms with E-state index in [2.05, 4.69) is 22.5 Å². The molecule has 3 nitrogen and oxygen atoms in total. The average molecular weight is 225 g/mol. The molecule has 84 valence electrons. The molecule has 0 aromatic heterocycles. The van der Waals surface area contributed by atoms with Crippen molar-refractivity contribution in [3.63, 3.8) is 0 Å². The zero-order valence-corrected chi connectivity index (χ0v) is 10.0. The van der Waals surface area contributed by atoms with Gasteiger partial charge in [0.1, 0.15) is 0 Å². The van der Waals surface area contributed by atoms with Crippen LogP contribution in [-0.2, 0) is 0 Å². The summed E-state index contributed by atoms with van der Waals surface area (Å²) in [5.41, 5.74) is 0. The Kier molecular flexibility index (Phi) is 2.36. The zero-order valence-electron chi connectivity index (χ0n) is 9.20. The van der Waals surface area contributed by atoms with Crippen LogP contribution in [0.4, 0.5) is 0 Å². The fourth-order valence-electron chi connectivity index (χ4n) is 3.35. The van der Waals surface area contributed by atoms with E-state index in [4.69, 9.17) is 12.2 Å². The molecule has 4 heteroatoms. The Balaban J connectivity index is 1.82. The lowest BCUT2D eigenvalue weighted by molar-refractivity contribution is 0.222. The molecule has 3 rings (SSSR count). The minimum atomic E-state index is 0.502. The van der Waals surface area contributed by atoms with E-state index in [1.54, 1.807) is 0 Å². The fraction of sp³-hybridized carbons (Fsp3) is 0.909. The first-order chi connectivity index (χ1) is 7.25. The highest BCUT2D eigenvalue weighted by molar-refractivity contribution is 7.80. The Morgan fingerprint density at radius 1 is 1.33 bits per heavy atom. The smallest absolute Gasteiger partial charge is 0.170 e. The van der Waals surface area contributed by atoms with Crippen molar-refractivity contribution in [3.8, 4) is 0 Å². The van der Waals surface area contributed by atoms with Gasteiger partial charge in [-0.2, -0.15) is 0 Å². The molecule has 4 unspecified atom stereocenters. The molecular formula is C11H19N3S. The van der Waals surface area contributed by atoms with Crippen LogP contribution in [0.1, 0.15) is 39.0 Å². The van der Waals surface area contributed by atoms with Gasteiger partial charge in [-0.3, -0.25) is 5.32 Å². The van der Waals surface area contributed by atoms with Crippen molar-refractivity contribution in [3.05, 3.63) is 0 Å². The largest absolute Gasteiger partial charge is 0.360 e. The Bertz CT molecular complexity index is 281. The van der Waals surface area contributed by atoms with Gasteiger partial charge in [0.15, 0.2) is 5.11 Å². The van der Waals surface area contributed by atoms with E-state index in [9.17, 15) is 0 Å². The predicted molar refractivity (Wildman–Crippen MR) is 64.6 cm³/mol. The first-order valence-electron chi connectivity index (χ1n) is 6.10. The molecule has 0 aromatic rings. The van der Waals surface area contributed by atoms with E-state index in [1.807, 2.05) is 0 Å². The highest BCUT2D eigenvalue weighted by atomic mass is 32.1. The number of fused-ring (bicyclic) bond motifs is 3. The van der Waals surface area contributed by atoms with Crippen LogP contribution in [0.5, 0.6) is 0 Å². The van der Waals surface area contributed by atoms with Crippen molar-refractivity contribution in [2.24, 2.45) is 0 Å². The molecule has 3 fully saturated rings. The normalized spacial score (nSPS) is 44.6. The van der Waals surface area contributed by atoms with Crippen LogP contribution < -0.4 is 10.6 Å². The maximum absolute atomic E-state index is 5.46. The van der Waals surface area contributed by atoms with Gasteiger partial charge in [0.2, 0.25) is 0 Å². The van der Waals surface area contributed by atoms with Crippen molar-refractivity contribution in [1.29, 1.82) is 0 Å². The third-order valence-electron chi connectivity index (χ3n) is 4.01. The number of nitrogens with one attached hydrogen (secondary N) is 2. The lowest BCUT2D eigenvalue weighted by Crippen LogP contribution is -2.57. The minimum absolute atomic E-state index is 0.502. The number of rotatable bonds is 0. The Hall–Kier alpha value is -0.350. The Labute approximate surface area is 96.6 Å². The van der Waals surface area contributed by atoms with Gasteiger partial charge in [0.25, 0.3) is 0 Å². The second-order valence-electron chi connectivity index (χ2n) is 5.13. The highest BCUT2D eigenvalue weighted by Gasteiger charge is 2.45. The lowest BCUT2D eigenvalue weighted by atomic mass is 9.91.